The zero-order valence-corrected chi connectivity index (χ0v) is 13.4. The largest absolute Gasteiger partial charge is 0.467 e. The van der Waals surface area contributed by atoms with Crippen LogP contribution in [0.3, 0.4) is 0 Å². The van der Waals surface area contributed by atoms with Crippen LogP contribution in [0.5, 0.6) is 0 Å². The van der Waals surface area contributed by atoms with E-state index in [9.17, 15) is 14.4 Å². The second-order valence-corrected chi connectivity index (χ2v) is 5.69. The number of nitrogens with zero attached hydrogens (tertiary/aromatic N) is 1. The van der Waals surface area contributed by atoms with Crippen molar-refractivity contribution < 1.29 is 18.8 Å². The number of amides is 4. The third-order valence-corrected chi connectivity index (χ3v) is 3.84. The number of hydrogen-bond donors (Lipinski definition) is 3. The molecule has 1 atom stereocenters. The molecule has 1 aliphatic rings. The van der Waals surface area contributed by atoms with E-state index < -0.39 is 17.9 Å². The van der Waals surface area contributed by atoms with Crippen LogP contribution in [0, 0.1) is 5.92 Å². The van der Waals surface area contributed by atoms with Gasteiger partial charge in [-0.15, -0.1) is 0 Å². The first-order valence-electron chi connectivity index (χ1n) is 7.84. The summed E-state index contributed by atoms with van der Waals surface area (Å²) < 4.78 is 5.22. The molecule has 0 unspecified atom stereocenters. The van der Waals surface area contributed by atoms with Gasteiger partial charge in [0.15, 0.2) is 0 Å². The number of para-hydroxylation sites is 1. The van der Waals surface area contributed by atoms with Crippen LogP contribution in [-0.2, 0) is 16.1 Å². The summed E-state index contributed by atoms with van der Waals surface area (Å²) in [5.74, 6) is -0.377. The van der Waals surface area contributed by atoms with Gasteiger partial charge in [0, 0.05) is 18.7 Å². The van der Waals surface area contributed by atoms with Gasteiger partial charge < -0.3 is 14.6 Å². The van der Waals surface area contributed by atoms with E-state index in [0.29, 0.717) is 18.0 Å². The Morgan fingerprint density at radius 1 is 1.12 bits per heavy atom. The summed E-state index contributed by atoms with van der Waals surface area (Å²) in [6.07, 6.45) is 1.64. The number of hydrogen-bond acceptors (Lipinski definition) is 4. The number of carbonyl (C=O) groups excluding carboxylic acids is 3. The molecular formula is C17H18N4O4. The minimum absolute atomic E-state index is 0.106. The molecule has 0 bridgehead atoms. The van der Waals surface area contributed by atoms with Crippen LogP contribution in [0.2, 0.25) is 0 Å². The standard InChI is InChI=1S/C17H18N4O4/c22-15-9-12(10-21(15)11-14-7-4-8-25-14)16(23)19-20-17(24)18-13-5-2-1-3-6-13/h1-8,12H,9-11H2,(H,19,23)(H2,18,20,24)/t12-/m0/s1. The van der Waals surface area contributed by atoms with Crippen LogP contribution in [-0.4, -0.2) is 29.3 Å². The highest BCUT2D eigenvalue weighted by Crippen LogP contribution is 2.20. The third kappa shape index (κ3) is 4.37. The topological polar surface area (TPSA) is 104 Å². The molecule has 1 fully saturated rings. The number of rotatable bonds is 4. The summed E-state index contributed by atoms with van der Waals surface area (Å²) >= 11 is 0. The molecule has 3 N–H and O–H groups in total. The Bertz CT molecular complexity index is 745. The molecule has 0 saturated carbocycles. The van der Waals surface area contributed by atoms with Gasteiger partial charge in [-0.1, -0.05) is 18.2 Å². The average molecular weight is 342 g/mol. The third-order valence-electron chi connectivity index (χ3n) is 3.84. The van der Waals surface area contributed by atoms with E-state index in [0.717, 1.165) is 0 Å². The summed E-state index contributed by atoms with van der Waals surface area (Å²) in [5, 5.41) is 2.58. The average Bonchev–Trinajstić information content (AvgIpc) is 3.24. The van der Waals surface area contributed by atoms with Gasteiger partial charge in [0.25, 0.3) is 0 Å². The molecule has 1 aromatic heterocycles. The molecule has 0 radical (unpaired) electrons. The molecule has 2 heterocycles. The Hall–Kier alpha value is -3.29. The zero-order chi connectivity index (χ0) is 17.6. The number of furan rings is 1. The minimum atomic E-state index is -0.559. The summed E-state index contributed by atoms with van der Waals surface area (Å²) in [5.41, 5.74) is 5.23. The Morgan fingerprint density at radius 2 is 1.92 bits per heavy atom. The van der Waals surface area contributed by atoms with Crippen molar-refractivity contribution >= 4 is 23.5 Å². The van der Waals surface area contributed by atoms with Gasteiger partial charge in [-0.3, -0.25) is 15.0 Å². The van der Waals surface area contributed by atoms with E-state index in [-0.39, 0.29) is 18.9 Å². The van der Waals surface area contributed by atoms with E-state index in [1.165, 1.54) is 6.26 Å². The van der Waals surface area contributed by atoms with Crippen molar-refractivity contribution in [3.05, 3.63) is 54.5 Å². The molecule has 8 nitrogen and oxygen atoms in total. The minimum Gasteiger partial charge on any atom is -0.467 e. The van der Waals surface area contributed by atoms with Gasteiger partial charge >= 0.3 is 6.03 Å². The highest BCUT2D eigenvalue weighted by atomic mass is 16.3. The van der Waals surface area contributed by atoms with Crippen molar-refractivity contribution in [3.8, 4) is 0 Å². The SMILES string of the molecule is O=C(NNC(=O)[C@H]1CC(=O)N(Cc2ccco2)C1)Nc1ccccc1. The maximum absolute atomic E-state index is 12.1. The van der Waals surface area contributed by atoms with Crippen LogP contribution in [0.25, 0.3) is 0 Å². The highest BCUT2D eigenvalue weighted by molar-refractivity contribution is 5.93. The summed E-state index contributed by atoms with van der Waals surface area (Å²) in [7, 11) is 0. The lowest BCUT2D eigenvalue weighted by molar-refractivity contribution is -0.129. The van der Waals surface area contributed by atoms with E-state index in [4.69, 9.17) is 4.42 Å². The molecule has 0 spiro atoms. The summed E-state index contributed by atoms with van der Waals surface area (Å²) in [6, 6.07) is 11.8. The molecule has 25 heavy (non-hydrogen) atoms. The van der Waals surface area contributed by atoms with Gasteiger partial charge in [-0.25, -0.2) is 10.2 Å². The number of hydrazine groups is 1. The van der Waals surface area contributed by atoms with E-state index in [2.05, 4.69) is 16.2 Å². The molecule has 1 saturated heterocycles. The van der Waals surface area contributed by atoms with Crippen LogP contribution in [0.1, 0.15) is 12.2 Å². The quantitative estimate of drug-likeness (QED) is 0.732. The fourth-order valence-corrected chi connectivity index (χ4v) is 2.60. The summed E-state index contributed by atoms with van der Waals surface area (Å²) in [4.78, 5) is 37.4. The van der Waals surface area contributed by atoms with Gasteiger partial charge in [0.1, 0.15) is 5.76 Å². The predicted molar refractivity (Wildman–Crippen MR) is 89.0 cm³/mol. The molecular weight excluding hydrogens is 324 g/mol. The maximum Gasteiger partial charge on any atom is 0.337 e. The first-order valence-corrected chi connectivity index (χ1v) is 7.84. The molecule has 1 aliphatic heterocycles. The molecule has 1 aromatic carbocycles. The number of urea groups is 1. The summed E-state index contributed by atoms with van der Waals surface area (Å²) in [6.45, 7) is 0.616. The number of nitrogens with one attached hydrogen (secondary N) is 3. The van der Waals surface area contributed by atoms with Crippen molar-refractivity contribution in [1.82, 2.24) is 15.8 Å². The lowest BCUT2D eigenvalue weighted by Gasteiger charge is -2.15. The van der Waals surface area contributed by atoms with Gasteiger partial charge in [0.2, 0.25) is 11.8 Å². The zero-order valence-electron chi connectivity index (χ0n) is 13.4. The van der Waals surface area contributed by atoms with Gasteiger partial charge in [-0.2, -0.15) is 0 Å². The molecule has 3 rings (SSSR count). The lowest BCUT2D eigenvalue weighted by Crippen LogP contribution is -2.46. The number of benzene rings is 1. The smallest absolute Gasteiger partial charge is 0.337 e. The number of anilines is 1. The van der Waals surface area contributed by atoms with Gasteiger partial charge in [0.05, 0.1) is 18.7 Å². The first-order chi connectivity index (χ1) is 12.1. The number of carbonyl (C=O) groups is 3. The normalized spacial score (nSPS) is 16.6. The van der Waals surface area contributed by atoms with E-state index in [1.54, 1.807) is 41.3 Å². The molecule has 8 heteroatoms. The molecule has 0 aliphatic carbocycles. The van der Waals surface area contributed by atoms with E-state index in [1.807, 2.05) is 6.07 Å². The van der Waals surface area contributed by atoms with Crippen LogP contribution < -0.4 is 16.2 Å². The Morgan fingerprint density at radius 3 is 2.64 bits per heavy atom. The molecule has 2 aromatic rings. The highest BCUT2D eigenvalue weighted by Gasteiger charge is 2.34. The van der Waals surface area contributed by atoms with Crippen molar-refractivity contribution in [2.24, 2.45) is 5.92 Å². The van der Waals surface area contributed by atoms with Crippen LogP contribution in [0.4, 0.5) is 10.5 Å². The fraction of sp³-hybridized carbons (Fsp3) is 0.235. The Balaban J connectivity index is 1.45. The lowest BCUT2D eigenvalue weighted by atomic mass is 10.1. The monoisotopic (exact) mass is 342 g/mol. The van der Waals surface area contributed by atoms with Crippen molar-refractivity contribution in [3.63, 3.8) is 0 Å². The Labute approximate surface area is 144 Å². The number of likely N-dealkylation sites (tertiary alicyclic amines) is 1. The van der Waals surface area contributed by atoms with Gasteiger partial charge in [-0.05, 0) is 24.3 Å². The van der Waals surface area contributed by atoms with Crippen LogP contribution >= 0.6 is 0 Å². The fourth-order valence-electron chi connectivity index (χ4n) is 2.60. The van der Waals surface area contributed by atoms with Crippen molar-refractivity contribution in [2.45, 2.75) is 13.0 Å². The predicted octanol–water partition coefficient (Wildman–Crippen LogP) is 1.48. The first kappa shape index (κ1) is 16.6. The van der Waals surface area contributed by atoms with Crippen molar-refractivity contribution in [1.29, 1.82) is 0 Å². The maximum atomic E-state index is 12.1. The molecule has 130 valence electrons. The van der Waals surface area contributed by atoms with Crippen LogP contribution in [0.15, 0.2) is 53.1 Å². The van der Waals surface area contributed by atoms with Crippen molar-refractivity contribution in [2.75, 3.05) is 11.9 Å². The Kier molecular flexibility index (Phi) is 4.98. The molecule has 4 amide bonds. The second kappa shape index (κ2) is 7.52. The van der Waals surface area contributed by atoms with E-state index >= 15 is 0 Å². The second-order valence-electron chi connectivity index (χ2n) is 5.69.